The monoisotopic (exact) mass is 409 g/mol. The Kier molecular flexibility index (Phi) is 8.00. The van der Waals surface area contributed by atoms with Crippen molar-refractivity contribution in [2.45, 2.75) is 20.8 Å². The first-order chi connectivity index (χ1) is 14.4. The Bertz CT molecular complexity index is 1000. The zero-order valence-corrected chi connectivity index (χ0v) is 17.4. The largest absolute Gasteiger partial charge is 0.493 e. The molecule has 0 bridgehead atoms. The van der Waals surface area contributed by atoms with E-state index in [4.69, 9.17) is 24.2 Å². The molecule has 0 radical (unpaired) electrons. The lowest BCUT2D eigenvalue weighted by molar-refractivity contribution is -0.138. The maximum absolute atomic E-state index is 12.2. The van der Waals surface area contributed by atoms with E-state index in [0.29, 0.717) is 11.3 Å². The van der Waals surface area contributed by atoms with Gasteiger partial charge in [-0.05, 0) is 61.7 Å². The van der Waals surface area contributed by atoms with Crippen molar-refractivity contribution in [1.82, 2.24) is 0 Å². The average Bonchev–Trinajstić information content (AvgIpc) is 2.73. The van der Waals surface area contributed by atoms with Crippen molar-refractivity contribution in [1.29, 1.82) is 5.26 Å². The number of nitrogens with zero attached hydrogens (tertiary/aromatic N) is 1. The van der Waals surface area contributed by atoms with Crippen LogP contribution >= 0.6 is 0 Å². The number of hydrogen-bond acceptors (Lipinski definition) is 7. The van der Waals surface area contributed by atoms with Gasteiger partial charge in [-0.1, -0.05) is 18.2 Å². The van der Waals surface area contributed by atoms with Gasteiger partial charge in [-0.3, -0.25) is 0 Å². The topological polar surface area (TPSA) is 94.9 Å². The predicted octanol–water partition coefficient (Wildman–Crippen LogP) is 3.77. The average molecular weight is 409 g/mol. The molecule has 0 amide bonds. The van der Waals surface area contributed by atoms with Crippen LogP contribution in [0.4, 0.5) is 0 Å². The molecule has 156 valence electrons. The third-order valence-corrected chi connectivity index (χ3v) is 4.03. The number of rotatable bonds is 8. The standard InChI is InChI=1S/C23H23NO6/c1-5-28-23(26)18(13-24)11-17-8-9-19(21(12-17)27-4)30-22(25)14-29-20-10-15(2)6-7-16(20)3/h6-12H,5,14H2,1-4H3/b18-11+. The molecular weight excluding hydrogens is 386 g/mol. The van der Waals surface area contributed by atoms with Crippen LogP contribution in [0, 0.1) is 25.2 Å². The van der Waals surface area contributed by atoms with Gasteiger partial charge in [0.2, 0.25) is 0 Å². The molecule has 7 nitrogen and oxygen atoms in total. The summed E-state index contributed by atoms with van der Waals surface area (Å²) in [4.78, 5) is 24.0. The van der Waals surface area contributed by atoms with Gasteiger partial charge in [0.15, 0.2) is 18.1 Å². The highest BCUT2D eigenvalue weighted by Crippen LogP contribution is 2.29. The van der Waals surface area contributed by atoms with E-state index in [-0.39, 0.29) is 30.3 Å². The molecule has 0 fully saturated rings. The van der Waals surface area contributed by atoms with Gasteiger partial charge in [0.05, 0.1) is 13.7 Å². The number of hydrogen-bond donors (Lipinski definition) is 0. The molecule has 2 rings (SSSR count). The van der Waals surface area contributed by atoms with Crippen LogP contribution in [0.25, 0.3) is 6.08 Å². The van der Waals surface area contributed by atoms with Gasteiger partial charge in [0.25, 0.3) is 0 Å². The van der Waals surface area contributed by atoms with Crippen LogP contribution in [0.15, 0.2) is 42.0 Å². The second-order valence-corrected chi connectivity index (χ2v) is 6.33. The molecule has 0 saturated heterocycles. The number of esters is 2. The van der Waals surface area contributed by atoms with Gasteiger partial charge >= 0.3 is 11.9 Å². The first-order valence-electron chi connectivity index (χ1n) is 9.25. The molecule has 0 aliphatic carbocycles. The van der Waals surface area contributed by atoms with Crippen LogP contribution in [0.5, 0.6) is 17.2 Å². The fourth-order valence-electron chi connectivity index (χ4n) is 2.52. The smallest absolute Gasteiger partial charge is 0.349 e. The third-order valence-electron chi connectivity index (χ3n) is 4.03. The molecule has 0 heterocycles. The van der Waals surface area contributed by atoms with E-state index in [0.717, 1.165) is 11.1 Å². The van der Waals surface area contributed by atoms with Gasteiger partial charge < -0.3 is 18.9 Å². The lowest BCUT2D eigenvalue weighted by Crippen LogP contribution is -2.18. The van der Waals surface area contributed by atoms with Crippen LogP contribution in [0.3, 0.4) is 0 Å². The first kappa shape index (κ1) is 22.5. The Morgan fingerprint density at radius 3 is 2.50 bits per heavy atom. The molecule has 0 N–H and O–H groups in total. The van der Waals surface area contributed by atoms with Crippen LogP contribution in [-0.2, 0) is 14.3 Å². The fourth-order valence-corrected chi connectivity index (χ4v) is 2.52. The van der Waals surface area contributed by atoms with E-state index < -0.39 is 11.9 Å². The van der Waals surface area contributed by atoms with E-state index in [1.807, 2.05) is 32.0 Å². The van der Waals surface area contributed by atoms with Gasteiger partial charge in [0.1, 0.15) is 17.4 Å². The molecule has 30 heavy (non-hydrogen) atoms. The zero-order chi connectivity index (χ0) is 22.1. The second-order valence-electron chi connectivity index (χ2n) is 6.33. The summed E-state index contributed by atoms with van der Waals surface area (Å²) < 4.78 is 21.0. The molecular formula is C23H23NO6. The summed E-state index contributed by atoms with van der Waals surface area (Å²) >= 11 is 0. The molecule has 0 aromatic heterocycles. The molecule has 0 saturated carbocycles. The molecule has 0 unspecified atom stereocenters. The minimum Gasteiger partial charge on any atom is -0.493 e. The van der Waals surface area contributed by atoms with Crippen LogP contribution < -0.4 is 14.2 Å². The van der Waals surface area contributed by atoms with Crippen molar-refractivity contribution >= 4 is 18.0 Å². The maximum atomic E-state index is 12.2. The molecule has 2 aromatic rings. The van der Waals surface area contributed by atoms with E-state index >= 15 is 0 Å². The number of benzene rings is 2. The SMILES string of the molecule is CCOC(=O)/C(C#N)=C/c1ccc(OC(=O)COc2cc(C)ccc2C)c(OC)c1. The first-order valence-corrected chi connectivity index (χ1v) is 9.25. The highest BCUT2D eigenvalue weighted by molar-refractivity contribution is 5.98. The maximum Gasteiger partial charge on any atom is 0.349 e. The van der Waals surface area contributed by atoms with E-state index in [2.05, 4.69) is 0 Å². The van der Waals surface area contributed by atoms with Gasteiger partial charge in [-0.25, -0.2) is 9.59 Å². The van der Waals surface area contributed by atoms with Crippen molar-refractivity contribution in [3.63, 3.8) is 0 Å². The molecule has 0 aliphatic heterocycles. The Hall–Kier alpha value is -3.79. The van der Waals surface area contributed by atoms with Crippen LogP contribution in [0.2, 0.25) is 0 Å². The number of nitriles is 1. The van der Waals surface area contributed by atoms with E-state index in [9.17, 15) is 9.59 Å². The number of methoxy groups -OCH3 is 1. The number of carbonyl (C=O) groups is 2. The summed E-state index contributed by atoms with van der Waals surface area (Å²) in [6.45, 7) is 5.38. The van der Waals surface area contributed by atoms with Crippen LogP contribution in [-0.4, -0.2) is 32.3 Å². The predicted molar refractivity (Wildman–Crippen MR) is 110 cm³/mol. The fraction of sp³-hybridized carbons (Fsp3) is 0.261. The zero-order valence-electron chi connectivity index (χ0n) is 17.4. The lowest BCUT2D eigenvalue weighted by atomic mass is 10.1. The van der Waals surface area contributed by atoms with Crippen molar-refractivity contribution in [2.24, 2.45) is 0 Å². The van der Waals surface area contributed by atoms with Gasteiger partial charge in [-0.2, -0.15) is 5.26 Å². The quantitative estimate of drug-likeness (QED) is 0.283. The Morgan fingerprint density at radius 1 is 1.07 bits per heavy atom. The summed E-state index contributed by atoms with van der Waals surface area (Å²) in [7, 11) is 1.42. The summed E-state index contributed by atoms with van der Waals surface area (Å²) in [6.07, 6.45) is 1.37. The summed E-state index contributed by atoms with van der Waals surface area (Å²) in [6, 6.07) is 12.2. The molecule has 7 heteroatoms. The summed E-state index contributed by atoms with van der Waals surface area (Å²) in [5.74, 6) is -0.231. The minimum atomic E-state index is -0.710. The number of carbonyl (C=O) groups excluding carboxylic acids is 2. The summed E-state index contributed by atoms with van der Waals surface area (Å²) in [5.41, 5.74) is 2.30. The minimum absolute atomic E-state index is 0.148. The number of aryl methyl sites for hydroxylation is 2. The second kappa shape index (κ2) is 10.7. The Morgan fingerprint density at radius 2 is 1.83 bits per heavy atom. The molecule has 2 aromatic carbocycles. The highest BCUT2D eigenvalue weighted by atomic mass is 16.6. The van der Waals surface area contributed by atoms with Crippen molar-refractivity contribution < 1.29 is 28.5 Å². The summed E-state index contributed by atoms with van der Waals surface area (Å²) in [5, 5.41) is 9.14. The third kappa shape index (κ3) is 6.11. The van der Waals surface area contributed by atoms with Crippen LogP contribution in [0.1, 0.15) is 23.6 Å². The lowest BCUT2D eigenvalue weighted by Gasteiger charge is -2.12. The Balaban J connectivity index is 2.11. The molecule has 0 spiro atoms. The van der Waals surface area contributed by atoms with Gasteiger partial charge in [0, 0.05) is 0 Å². The van der Waals surface area contributed by atoms with E-state index in [1.165, 1.54) is 19.3 Å². The normalized spacial score (nSPS) is 10.7. The van der Waals surface area contributed by atoms with E-state index in [1.54, 1.807) is 25.1 Å². The number of ether oxygens (including phenoxy) is 4. The van der Waals surface area contributed by atoms with Crippen molar-refractivity contribution in [3.05, 3.63) is 58.7 Å². The van der Waals surface area contributed by atoms with Gasteiger partial charge in [-0.15, -0.1) is 0 Å². The van der Waals surface area contributed by atoms with Crippen molar-refractivity contribution in [2.75, 3.05) is 20.3 Å². The molecule has 0 atom stereocenters. The highest BCUT2D eigenvalue weighted by Gasteiger charge is 2.14. The molecule has 0 aliphatic rings. The Labute approximate surface area is 175 Å². The van der Waals surface area contributed by atoms with Crippen molar-refractivity contribution in [3.8, 4) is 23.3 Å².